The third-order valence-corrected chi connectivity index (χ3v) is 1.05. The van der Waals surface area contributed by atoms with E-state index in [0.717, 1.165) is 11.0 Å². The van der Waals surface area contributed by atoms with Crippen LogP contribution in [0.1, 0.15) is 6.42 Å². The summed E-state index contributed by atoms with van der Waals surface area (Å²) in [5.74, 6) is 0. The van der Waals surface area contributed by atoms with Gasteiger partial charge < -0.3 is 5.43 Å². The highest BCUT2D eigenvalue weighted by Gasteiger charge is 1.98. The fraction of sp³-hybridized carbons (Fsp3) is 0.333. The van der Waals surface area contributed by atoms with Gasteiger partial charge in [0.1, 0.15) is 4.62 Å². The van der Waals surface area contributed by atoms with Crippen LogP contribution in [0.4, 0.5) is 0 Å². The summed E-state index contributed by atoms with van der Waals surface area (Å²) in [6, 6.07) is 0. The zero-order chi connectivity index (χ0) is 4.41. The average molecular weight is 148 g/mol. The van der Waals surface area contributed by atoms with Gasteiger partial charge in [0.25, 0.3) is 0 Å². The van der Waals surface area contributed by atoms with E-state index in [1.807, 2.05) is 6.54 Å². The van der Waals surface area contributed by atoms with E-state index in [4.69, 9.17) is 0 Å². The second-order valence-corrected chi connectivity index (χ2v) is 1.94. The average Bonchev–Trinajstić information content (AvgIpc) is 1.86. The highest BCUT2D eigenvalue weighted by Crippen LogP contribution is 2.01. The lowest BCUT2D eigenvalue weighted by atomic mass is 10.5. The van der Waals surface area contributed by atoms with Crippen LogP contribution in [-0.4, -0.2) is 4.62 Å². The van der Waals surface area contributed by atoms with E-state index in [1.165, 1.54) is 0 Å². The molecule has 1 aliphatic heterocycles. The minimum atomic E-state index is 0.917. The van der Waals surface area contributed by atoms with Gasteiger partial charge in [-0.05, 0) is 15.9 Å². The number of rotatable bonds is 0. The predicted octanol–water partition coefficient (Wildman–Crippen LogP) is 0.850. The Morgan fingerprint density at radius 2 is 2.83 bits per heavy atom. The summed E-state index contributed by atoms with van der Waals surface area (Å²) >= 11 is 3.19. The van der Waals surface area contributed by atoms with Crippen LogP contribution in [0.3, 0.4) is 0 Å². The van der Waals surface area contributed by atoms with Crippen molar-refractivity contribution in [1.29, 1.82) is 0 Å². The molecule has 0 aromatic heterocycles. The topological polar surface area (TPSA) is 24.4 Å². The predicted molar refractivity (Wildman–Crippen MR) is 28.4 cm³/mol. The molecule has 0 spiro atoms. The molecule has 0 aromatic carbocycles. The van der Waals surface area contributed by atoms with Crippen molar-refractivity contribution in [3.05, 3.63) is 6.54 Å². The number of halogens is 1. The highest BCUT2D eigenvalue weighted by molar-refractivity contribution is 9.18. The molecule has 3 heteroatoms. The van der Waals surface area contributed by atoms with Crippen molar-refractivity contribution >= 4 is 20.6 Å². The Kier molecular flexibility index (Phi) is 1.10. The molecule has 1 aliphatic rings. The molecular formula is C3H4BrN2. The van der Waals surface area contributed by atoms with Gasteiger partial charge in [-0.25, -0.2) is 0 Å². The van der Waals surface area contributed by atoms with E-state index >= 15 is 0 Å². The molecule has 6 heavy (non-hydrogen) atoms. The first-order chi connectivity index (χ1) is 2.89. The van der Waals surface area contributed by atoms with Crippen molar-refractivity contribution in [1.82, 2.24) is 5.43 Å². The van der Waals surface area contributed by atoms with Crippen molar-refractivity contribution in [2.24, 2.45) is 5.10 Å². The molecule has 33 valence electrons. The number of nitrogens with one attached hydrogen (secondary N) is 1. The monoisotopic (exact) mass is 147 g/mol. The lowest BCUT2D eigenvalue weighted by Crippen LogP contribution is -1.88. The molecule has 0 fully saturated rings. The van der Waals surface area contributed by atoms with Crippen LogP contribution in [0.5, 0.6) is 0 Å². The molecular weight excluding hydrogens is 144 g/mol. The lowest BCUT2D eigenvalue weighted by Gasteiger charge is -1.74. The number of hydrogen-bond acceptors (Lipinski definition) is 2. The Morgan fingerprint density at radius 3 is 3.00 bits per heavy atom. The highest BCUT2D eigenvalue weighted by atomic mass is 79.9. The molecule has 1 heterocycles. The molecule has 0 saturated carbocycles. The first-order valence-corrected chi connectivity index (χ1v) is 2.48. The standard InChI is InChI=1S/C3H4BrN2/c4-3-1-2-5-6-3/h2,5H,1H2. The van der Waals surface area contributed by atoms with Crippen molar-refractivity contribution in [2.75, 3.05) is 0 Å². The van der Waals surface area contributed by atoms with Gasteiger partial charge in [-0.1, -0.05) is 0 Å². The first kappa shape index (κ1) is 4.12. The Hall–Kier alpha value is -0.0500. The molecule has 1 N–H and O–H groups in total. The summed E-state index contributed by atoms with van der Waals surface area (Å²) in [6.45, 7) is 1.88. The zero-order valence-corrected chi connectivity index (χ0v) is 4.70. The third-order valence-electron chi connectivity index (χ3n) is 0.548. The van der Waals surface area contributed by atoms with E-state index in [2.05, 4.69) is 26.5 Å². The van der Waals surface area contributed by atoms with E-state index in [-0.39, 0.29) is 0 Å². The summed E-state index contributed by atoms with van der Waals surface area (Å²) < 4.78 is 0.975. The molecule has 1 radical (unpaired) electrons. The molecule has 0 aromatic rings. The maximum absolute atomic E-state index is 3.76. The summed E-state index contributed by atoms with van der Waals surface area (Å²) in [6.07, 6.45) is 0.917. The van der Waals surface area contributed by atoms with Gasteiger partial charge in [0.2, 0.25) is 0 Å². The Balaban J connectivity index is 2.45. The smallest absolute Gasteiger partial charge is 0.105 e. The lowest BCUT2D eigenvalue weighted by molar-refractivity contribution is 0.918. The van der Waals surface area contributed by atoms with Gasteiger partial charge in [0, 0.05) is 6.42 Å². The second kappa shape index (κ2) is 1.60. The van der Waals surface area contributed by atoms with Gasteiger partial charge in [0.05, 0.1) is 6.54 Å². The third kappa shape index (κ3) is 0.712. The summed E-state index contributed by atoms with van der Waals surface area (Å²) in [5.41, 5.74) is 2.69. The second-order valence-electron chi connectivity index (χ2n) is 1.03. The molecule has 1 rings (SSSR count). The van der Waals surface area contributed by atoms with Gasteiger partial charge in [-0.15, -0.1) is 0 Å². The van der Waals surface area contributed by atoms with Crippen molar-refractivity contribution in [2.45, 2.75) is 6.42 Å². The molecule has 0 aliphatic carbocycles. The van der Waals surface area contributed by atoms with Crippen molar-refractivity contribution in [3.8, 4) is 0 Å². The molecule has 0 amide bonds. The largest absolute Gasteiger partial charge is 0.304 e. The van der Waals surface area contributed by atoms with E-state index in [1.54, 1.807) is 0 Å². The summed E-state index contributed by atoms with van der Waals surface area (Å²) in [7, 11) is 0. The SMILES string of the molecule is BrC1=NN[CH]C1. The van der Waals surface area contributed by atoms with Crippen molar-refractivity contribution < 1.29 is 0 Å². The number of hydrogen-bond donors (Lipinski definition) is 1. The first-order valence-electron chi connectivity index (χ1n) is 1.69. The number of hydrazone groups is 1. The number of nitrogens with zero attached hydrogens (tertiary/aromatic N) is 1. The minimum Gasteiger partial charge on any atom is -0.304 e. The van der Waals surface area contributed by atoms with Crippen LogP contribution >= 0.6 is 15.9 Å². The van der Waals surface area contributed by atoms with Crippen LogP contribution in [-0.2, 0) is 0 Å². The summed E-state index contributed by atoms with van der Waals surface area (Å²) in [5, 5.41) is 3.76. The maximum atomic E-state index is 3.76. The van der Waals surface area contributed by atoms with Crippen LogP contribution in [0.15, 0.2) is 5.10 Å². The molecule has 0 saturated heterocycles. The quantitative estimate of drug-likeness (QED) is 0.541. The van der Waals surface area contributed by atoms with Gasteiger partial charge in [0.15, 0.2) is 0 Å². The summed E-state index contributed by atoms with van der Waals surface area (Å²) in [4.78, 5) is 0. The van der Waals surface area contributed by atoms with Crippen LogP contribution in [0.2, 0.25) is 0 Å². The minimum absolute atomic E-state index is 0.917. The van der Waals surface area contributed by atoms with E-state index in [0.29, 0.717) is 0 Å². The van der Waals surface area contributed by atoms with Gasteiger partial charge >= 0.3 is 0 Å². The Morgan fingerprint density at radius 1 is 2.00 bits per heavy atom. The fourth-order valence-electron chi connectivity index (χ4n) is 0.291. The normalized spacial score (nSPS) is 19.8. The van der Waals surface area contributed by atoms with Crippen molar-refractivity contribution in [3.63, 3.8) is 0 Å². The van der Waals surface area contributed by atoms with Gasteiger partial charge in [-0.2, -0.15) is 5.10 Å². The molecule has 2 nitrogen and oxygen atoms in total. The van der Waals surface area contributed by atoms with Crippen LogP contribution in [0, 0.1) is 6.54 Å². The maximum Gasteiger partial charge on any atom is 0.105 e. The van der Waals surface area contributed by atoms with Gasteiger partial charge in [-0.3, -0.25) is 0 Å². The Labute approximate surface area is 44.7 Å². The van der Waals surface area contributed by atoms with E-state index < -0.39 is 0 Å². The molecule has 0 atom stereocenters. The Bertz CT molecular complexity index is 78.9. The molecule has 0 unspecified atom stereocenters. The van der Waals surface area contributed by atoms with Crippen LogP contribution < -0.4 is 5.43 Å². The zero-order valence-electron chi connectivity index (χ0n) is 3.11. The van der Waals surface area contributed by atoms with E-state index in [9.17, 15) is 0 Å². The molecule has 0 bridgehead atoms. The van der Waals surface area contributed by atoms with Crippen LogP contribution in [0.25, 0.3) is 0 Å². The fourth-order valence-corrected chi connectivity index (χ4v) is 0.555.